The Morgan fingerprint density at radius 1 is 0.741 bits per heavy atom. The van der Waals surface area contributed by atoms with Gasteiger partial charge in [0.15, 0.2) is 0 Å². The Kier molecular flexibility index (Phi) is 6.92. The van der Waals surface area contributed by atoms with Gasteiger partial charge in [0.05, 0.1) is 16.1 Å². The monoisotopic (exact) mass is 416 g/mol. The molecule has 1 saturated carbocycles. The van der Waals surface area contributed by atoms with Crippen molar-refractivity contribution < 1.29 is 0 Å². The van der Waals surface area contributed by atoms with Crippen molar-refractivity contribution in [3.63, 3.8) is 0 Å². The molecule has 0 N–H and O–H groups in total. The van der Waals surface area contributed by atoms with Crippen LogP contribution in [0.1, 0.15) is 32.1 Å². The Balaban J connectivity index is 1.76. The molecule has 3 heteroatoms. The van der Waals surface area contributed by atoms with Gasteiger partial charge in [0.1, 0.15) is 0 Å². The molecule has 3 aliphatic rings. The zero-order valence-corrected chi connectivity index (χ0v) is 21.5. The number of hydrogen-bond acceptors (Lipinski definition) is 0. The summed E-state index contributed by atoms with van der Waals surface area (Å²) in [4.78, 5) is 0. The van der Waals surface area contributed by atoms with E-state index < -0.39 is 16.1 Å². The molecule has 2 atom stereocenters. The molecule has 2 unspecified atom stereocenters. The maximum absolute atomic E-state index is 2.55. The lowest BCUT2D eigenvalue weighted by Gasteiger charge is -2.36. The highest BCUT2D eigenvalue weighted by molar-refractivity contribution is 7.59. The first-order valence-electron chi connectivity index (χ1n) is 11.1. The Labute approximate surface area is 172 Å². The number of hydrogen-bond donors (Lipinski definition) is 0. The van der Waals surface area contributed by atoms with Crippen LogP contribution in [-0.2, 0) is 0 Å². The van der Waals surface area contributed by atoms with Gasteiger partial charge in [0.25, 0.3) is 0 Å². The van der Waals surface area contributed by atoms with E-state index in [1.165, 1.54) is 44.4 Å². The van der Waals surface area contributed by atoms with Crippen molar-refractivity contribution >= 4 is 24.1 Å². The van der Waals surface area contributed by atoms with Crippen LogP contribution in [0.25, 0.3) is 0 Å². The van der Waals surface area contributed by atoms with E-state index in [9.17, 15) is 0 Å². The van der Waals surface area contributed by atoms with E-state index in [-0.39, 0.29) is 7.92 Å². The first-order chi connectivity index (χ1) is 12.7. The topological polar surface area (TPSA) is 0 Å². The molecule has 0 aromatic carbocycles. The van der Waals surface area contributed by atoms with E-state index in [0.717, 1.165) is 16.7 Å². The fraction of sp³-hybridized carbons (Fsp3) is 0.667. The highest BCUT2D eigenvalue weighted by Gasteiger charge is 2.35. The van der Waals surface area contributed by atoms with Crippen LogP contribution >= 0.6 is 7.92 Å². The molecule has 0 heterocycles. The molecule has 0 nitrogen and oxygen atoms in total. The Morgan fingerprint density at radius 2 is 1.19 bits per heavy atom. The molecule has 3 rings (SSSR count). The number of allylic oxidation sites excluding steroid dienone is 8. The van der Waals surface area contributed by atoms with E-state index >= 15 is 0 Å². The summed E-state index contributed by atoms with van der Waals surface area (Å²) in [5, 5.41) is 0. The molecule has 0 aliphatic heterocycles. The van der Waals surface area contributed by atoms with Crippen LogP contribution in [0, 0.1) is 0 Å². The summed E-state index contributed by atoms with van der Waals surface area (Å²) in [5.74, 6) is 0. The molecule has 3 aliphatic carbocycles. The quantitative estimate of drug-likeness (QED) is 0.290. The van der Waals surface area contributed by atoms with Crippen molar-refractivity contribution in [2.75, 3.05) is 12.3 Å². The molecule has 0 saturated heterocycles. The summed E-state index contributed by atoms with van der Waals surface area (Å²) in [7, 11) is -2.23. The van der Waals surface area contributed by atoms with Crippen molar-refractivity contribution in [3.05, 3.63) is 47.6 Å². The minimum Gasteiger partial charge on any atom is -0.0952 e. The van der Waals surface area contributed by atoms with Crippen molar-refractivity contribution in [1.29, 1.82) is 0 Å². The Bertz CT molecular complexity index is 588. The SMILES string of the molecule is C[Si](C)(C)C1C=CC=C1CP(CC1=CC=CC1[Si](C)(C)C)C1CCCCC1. The van der Waals surface area contributed by atoms with Crippen LogP contribution in [0.5, 0.6) is 0 Å². The van der Waals surface area contributed by atoms with Gasteiger partial charge >= 0.3 is 0 Å². The largest absolute Gasteiger partial charge is 0.0952 e. The van der Waals surface area contributed by atoms with Crippen molar-refractivity contribution in [2.24, 2.45) is 0 Å². The van der Waals surface area contributed by atoms with Crippen LogP contribution in [0.2, 0.25) is 50.4 Å². The second-order valence-electron chi connectivity index (χ2n) is 11.1. The lowest BCUT2D eigenvalue weighted by Crippen LogP contribution is -2.30. The Hall–Kier alpha value is -0.176. The van der Waals surface area contributed by atoms with E-state index in [4.69, 9.17) is 0 Å². The van der Waals surface area contributed by atoms with Gasteiger partial charge in [0, 0.05) is 0 Å². The van der Waals surface area contributed by atoms with E-state index in [1.807, 2.05) is 0 Å². The van der Waals surface area contributed by atoms with Gasteiger partial charge in [-0.3, -0.25) is 0 Å². The molecule has 0 amide bonds. The fourth-order valence-electron chi connectivity index (χ4n) is 5.26. The molecule has 27 heavy (non-hydrogen) atoms. The molecular formula is C24H41PSi2. The van der Waals surface area contributed by atoms with Crippen molar-refractivity contribution in [2.45, 2.75) is 88.1 Å². The van der Waals surface area contributed by atoms with Gasteiger partial charge in [-0.25, -0.2) is 0 Å². The summed E-state index contributed by atoms with van der Waals surface area (Å²) in [5.41, 5.74) is 6.18. The second-order valence-corrected chi connectivity index (χ2v) is 24.4. The highest BCUT2D eigenvalue weighted by Crippen LogP contribution is 2.55. The smallest absolute Gasteiger partial charge is 0.0561 e. The standard InChI is InChI=1S/C24H41PSi2/c1-26(2,3)23-16-10-12-20(23)18-25(22-14-8-7-9-15-22)19-21-13-11-17-24(21)27(4,5)6/h10-13,16-17,22-24H,7-9,14-15,18-19H2,1-6H3. The lowest BCUT2D eigenvalue weighted by molar-refractivity contribution is 0.510. The predicted octanol–water partition coefficient (Wildman–Crippen LogP) is 8.21. The maximum atomic E-state index is 2.55. The molecule has 0 radical (unpaired) electrons. The lowest BCUT2D eigenvalue weighted by atomic mass is 10.0. The highest BCUT2D eigenvalue weighted by atomic mass is 31.1. The third-order valence-electron chi connectivity index (χ3n) is 6.76. The average Bonchev–Trinajstić information content (AvgIpc) is 3.23. The first kappa shape index (κ1) is 21.5. The third kappa shape index (κ3) is 5.46. The minimum absolute atomic E-state index is 0.0794. The molecule has 1 fully saturated rings. The van der Waals surface area contributed by atoms with Crippen LogP contribution in [-0.4, -0.2) is 34.1 Å². The summed E-state index contributed by atoms with van der Waals surface area (Å²) in [6.45, 7) is 15.3. The van der Waals surface area contributed by atoms with Gasteiger partial charge in [-0.05, 0) is 41.9 Å². The fourth-order valence-corrected chi connectivity index (χ4v) is 12.9. The van der Waals surface area contributed by atoms with Gasteiger partial charge in [-0.2, -0.15) is 0 Å². The van der Waals surface area contributed by atoms with Crippen LogP contribution < -0.4 is 0 Å². The summed E-state index contributed by atoms with van der Waals surface area (Å²) in [6, 6.07) is 0. The zero-order valence-electron chi connectivity index (χ0n) is 18.6. The van der Waals surface area contributed by atoms with Crippen LogP contribution in [0.15, 0.2) is 47.6 Å². The van der Waals surface area contributed by atoms with E-state index in [2.05, 4.69) is 75.7 Å². The normalized spacial score (nSPS) is 27.8. The molecule has 150 valence electrons. The van der Waals surface area contributed by atoms with Crippen LogP contribution in [0.3, 0.4) is 0 Å². The third-order valence-corrected chi connectivity index (χ3v) is 14.7. The predicted molar refractivity (Wildman–Crippen MR) is 132 cm³/mol. The summed E-state index contributed by atoms with van der Waals surface area (Å²) in [6.07, 6.45) is 25.1. The minimum atomic E-state index is -1.16. The maximum Gasteiger partial charge on any atom is 0.0561 e. The van der Waals surface area contributed by atoms with E-state index in [0.29, 0.717) is 0 Å². The van der Waals surface area contributed by atoms with Gasteiger partial charge in [-0.1, -0.05) is 114 Å². The molecule has 0 aromatic rings. The molecule has 0 aromatic heterocycles. The van der Waals surface area contributed by atoms with Crippen molar-refractivity contribution in [1.82, 2.24) is 0 Å². The number of rotatable bonds is 7. The summed E-state index contributed by atoms with van der Waals surface area (Å²) < 4.78 is 0. The molecular weight excluding hydrogens is 375 g/mol. The first-order valence-corrected chi connectivity index (χ1v) is 20.1. The molecule has 0 spiro atoms. The second kappa shape index (κ2) is 8.68. The summed E-state index contributed by atoms with van der Waals surface area (Å²) >= 11 is 0. The Morgan fingerprint density at radius 3 is 1.59 bits per heavy atom. The van der Waals surface area contributed by atoms with E-state index in [1.54, 1.807) is 11.1 Å². The molecule has 0 bridgehead atoms. The van der Waals surface area contributed by atoms with Gasteiger partial charge in [0.2, 0.25) is 0 Å². The van der Waals surface area contributed by atoms with Crippen molar-refractivity contribution in [3.8, 4) is 0 Å². The average molecular weight is 417 g/mol. The van der Waals surface area contributed by atoms with Gasteiger partial charge < -0.3 is 0 Å². The zero-order chi connectivity index (χ0) is 19.7. The van der Waals surface area contributed by atoms with Gasteiger partial charge in [-0.15, -0.1) is 0 Å². The van der Waals surface area contributed by atoms with Crippen LogP contribution in [0.4, 0.5) is 0 Å².